The van der Waals surface area contributed by atoms with Gasteiger partial charge in [0.1, 0.15) is 29.7 Å². The van der Waals surface area contributed by atoms with E-state index in [0.717, 1.165) is 54.4 Å². The molecule has 2 aliphatic rings. The Hall–Kier alpha value is -6.70. The Labute approximate surface area is 341 Å². The maximum absolute atomic E-state index is 13.4. The van der Waals surface area contributed by atoms with E-state index in [2.05, 4.69) is 48.9 Å². The molecular formula is C41H35ClN10O5S. The average molecular weight is 815 g/mol. The van der Waals surface area contributed by atoms with E-state index in [9.17, 15) is 19.2 Å². The first kappa shape index (κ1) is 38.2. The molecule has 8 rings (SSSR count). The second-order valence-electron chi connectivity index (χ2n) is 13.8. The number of aliphatic imine (C=N–C) groups is 1. The van der Waals surface area contributed by atoms with Crippen LogP contribution in [0.15, 0.2) is 72.4 Å². The summed E-state index contributed by atoms with van der Waals surface area (Å²) >= 11 is 7.79. The molecule has 1 unspecified atom stereocenters. The van der Waals surface area contributed by atoms with Crippen molar-refractivity contribution in [2.45, 2.75) is 65.9 Å². The number of benzene rings is 2. The minimum Gasteiger partial charge on any atom is -0.486 e. The number of fused-ring (bicyclic) bond motifs is 4. The lowest BCUT2D eigenvalue weighted by Crippen LogP contribution is -2.38. The number of hydrogen-bond acceptors (Lipinski definition) is 11. The Balaban J connectivity index is 0.910. The second-order valence-corrected chi connectivity index (χ2v) is 15.2. The molecule has 58 heavy (non-hydrogen) atoms. The fraction of sp³-hybridized carbons (Fsp3) is 0.244. The lowest BCUT2D eigenvalue weighted by Gasteiger charge is -2.22. The van der Waals surface area contributed by atoms with Gasteiger partial charge in [0.15, 0.2) is 5.82 Å². The van der Waals surface area contributed by atoms with E-state index in [-0.39, 0.29) is 36.3 Å². The number of thiophene rings is 1. The lowest BCUT2D eigenvalue weighted by molar-refractivity contribution is -0.125. The molecule has 2 aromatic carbocycles. The summed E-state index contributed by atoms with van der Waals surface area (Å²) in [5.74, 6) is 7.06. The van der Waals surface area contributed by atoms with Gasteiger partial charge in [0.2, 0.25) is 12.3 Å². The molecule has 4 aromatic heterocycles. The number of imide groups is 2. The highest BCUT2D eigenvalue weighted by atomic mass is 35.5. The topological polar surface area (TPSA) is 171 Å². The van der Waals surface area contributed by atoms with Gasteiger partial charge in [-0.15, -0.1) is 21.5 Å². The molecular weight excluding hydrogens is 780 g/mol. The average Bonchev–Trinajstić information content (AvgIpc) is 4.04. The predicted molar refractivity (Wildman–Crippen MR) is 214 cm³/mol. The Morgan fingerprint density at radius 2 is 1.88 bits per heavy atom. The molecule has 0 bridgehead atoms. The van der Waals surface area contributed by atoms with Crippen LogP contribution in [0.5, 0.6) is 5.75 Å². The van der Waals surface area contributed by atoms with Crippen LogP contribution in [0.1, 0.15) is 85.0 Å². The van der Waals surface area contributed by atoms with Crippen LogP contribution in [0.3, 0.4) is 0 Å². The number of amides is 4. The smallest absolute Gasteiger partial charge is 0.265 e. The first-order valence-corrected chi connectivity index (χ1v) is 19.6. The number of hydrogen-bond donors (Lipinski definition) is 1. The molecule has 2 aliphatic heterocycles. The molecule has 0 saturated carbocycles. The Bertz CT molecular complexity index is 2700. The van der Waals surface area contributed by atoms with Gasteiger partial charge in [0.05, 0.1) is 52.0 Å². The minimum atomic E-state index is -0.564. The number of ether oxygens (including phenoxy) is 1. The monoisotopic (exact) mass is 814 g/mol. The lowest BCUT2D eigenvalue weighted by atomic mass is 10.00. The van der Waals surface area contributed by atoms with E-state index in [0.29, 0.717) is 36.8 Å². The molecule has 0 radical (unpaired) electrons. The highest BCUT2D eigenvalue weighted by Crippen LogP contribution is 2.37. The van der Waals surface area contributed by atoms with Crippen LogP contribution in [-0.2, 0) is 35.8 Å². The van der Waals surface area contributed by atoms with Gasteiger partial charge in [-0.25, -0.2) is 4.98 Å². The van der Waals surface area contributed by atoms with Gasteiger partial charge in [-0.3, -0.25) is 43.6 Å². The molecule has 1 atom stereocenters. The summed E-state index contributed by atoms with van der Waals surface area (Å²) in [5, 5.41) is 16.9. The molecule has 6 aromatic rings. The van der Waals surface area contributed by atoms with Crippen LogP contribution in [0.2, 0.25) is 5.02 Å². The third-order valence-electron chi connectivity index (χ3n) is 9.92. The van der Waals surface area contributed by atoms with Crippen molar-refractivity contribution in [1.29, 1.82) is 0 Å². The van der Waals surface area contributed by atoms with Gasteiger partial charge in [0, 0.05) is 47.6 Å². The van der Waals surface area contributed by atoms with Crippen LogP contribution in [0, 0.1) is 25.7 Å². The van der Waals surface area contributed by atoms with Gasteiger partial charge >= 0.3 is 0 Å². The van der Waals surface area contributed by atoms with Crippen molar-refractivity contribution in [3.8, 4) is 22.6 Å². The van der Waals surface area contributed by atoms with E-state index >= 15 is 0 Å². The second kappa shape index (κ2) is 16.0. The minimum absolute atomic E-state index is 0.0113. The largest absolute Gasteiger partial charge is 0.486 e. The molecule has 17 heteroatoms. The van der Waals surface area contributed by atoms with Crippen molar-refractivity contribution in [2.75, 3.05) is 0 Å². The number of nitrogens with one attached hydrogen (secondary N) is 1. The standard InChI is InChI=1S/C41H35ClN10O5S/c1-24(7-14-35(54)45-23-53)51-39(55)31-5-4-6-32(37(31)40(51)56)57-21-30-20-49(22-44-30)15-16-50-19-27(17-46-50)8-13-33-25(2)36-38(28-9-11-29(42)12-10-28)43-18-34-48-47-26(3)52(34)41(36)58-33/h4-6,9-12,17,19-20,22-24H,7,14-16,18,21H2,1-3H3,(H,45,53,54). The number of rotatable bonds is 12. The summed E-state index contributed by atoms with van der Waals surface area (Å²) in [6.07, 6.45) is 7.70. The van der Waals surface area contributed by atoms with Gasteiger partial charge in [0.25, 0.3) is 11.8 Å². The first-order valence-electron chi connectivity index (χ1n) is 18.4. The Morgan fingerprint density at radius 1 is 1.05 bits per heavy atom. The summed E-state index contributed by atoms with van der Waals surface area (Å²) in [7, 11) is 0. The number of nitrogens with zero attached hydrogens (tertiary/aromatic N) is 9. The van der Waals surface area contributed by atoms with E-state index in [1.807, 2.05) is 52.8 Å². The predicted octanol–water partition coefficient (Wildman–Crippen LogP) is 5.06. The highest BCUT2D eigenvalue weighted by Gasteiger charge is 2.40. The number of carbonyl (C=O) groups excluding carboxylic acids is 4. The number of aryl methyl sites for hydroxylation is 3. The summed E-state index contributed by atoms with van der Waals surface area (Å²) in [6, 6.07) is 12.0. The molecule has 6 heterocycles. The van der Waals surface area contributed by atoms with Crippen LogP contribution < -0.4 is 10.1 Å². The van der Waals surface area contributed by atoms with Gasteiger partial charge in [-0.1, -0.05) is 41.6 Å². The zero-order valence-corrected chi connectivity index (χ0v) is 33.2. The SMILES string of the molecule is Cc1c(C#Cc2cnn(CCn3cnc(COc4cccc5c4C(=O)N(C(C)CCC(=O)NC=O)C5=O)c3)c2)sc2c1C(c1ccc(Cl)cc1)=NCc1nnc(C)n1-2. The quantitative estimate of drug-likeness (QED) is 0.101. The third-order valence-corrected chi connectivity index (χ3v) is 11.4. The Morgan fingerprint density at radius 3 is 2.69 bits per heavy atom. The zero-order valence-electron chi connectivity index (χ0n) is 31.6. The van der Waals surface area contributed by atoms with Crippen molar-refractivity contribution < 1.29 is 23.9 Å². The van der Waals surface area contributed by atoms with Gasteiger partial charge in [-0.2, -0.15) is 5.10 Å². The van der Waals surface area contributed by atoms with Crippen molar-refractivity contribution in [2.24, 2.45) is 4.99 Å². The van der Waals surface area contributed by atoms with Crippen LogP contribution >= 0.6 is 22.9 Å². The molecule has 0 spiro atoms. The van der Waals surface area contributed by atoms with Crippen LogP contribution in [0.25, 0.3) is 5.00 Å². The molecule has 4 amide bonds. The summed E-state index contributed by atoms with van der Waals surface area (Å²) in [4.78, 5) is 60.3. The highest BCUT2D eigenvalue weighted by molar-refractivity contribution is 7.15. The molecule has 1 N–H and O–H groups in total. The molecule has 292 valence electrons. The maximum atomic E-state index is 13.4. The van der Waals surface area contributed by atoms with Crippen molar-refractivity contribution in [3.05, 3.63) is 128 Å². The number of carbonyl (C=O) groups is 4. The Kier molecular flexibility index (Phi) is 10.6. The van der Waals surface area contributed by atoms with Gasteiger partial charge in [-0.05, 0) is 57.0 Å². The number of aromatic nitrogens is 7. The molecule has 0 saturated heterocycles. The normalized spacial score (nSPS) is 13.5. The van der Waals surface area contributed by atoms with E-state index in [1.54, 1.807) is 49.0 Å². The molecule has 15 nitrogen and oxygen atoms in total. The summed E-state index contributed by atoms with van der Waals surface area (Å²) in [5.41, 5.74) is 5.68. The van der Waals surface area contributed by atoms with Crippen molar-refractivity contribution in [1.82, 2.24) is 44.3 Å². The zero-order chi connectivity index (χ0) is 40.5. The van der Waals surface area contributed by atoms with E-state index in [1.165, 1.54) is 0 Å². The van der Waals surface area contributed by atoms with Gasteiger partial charge < -0.3 is 9.30 Å². The van der Waals surface area contributed by atoms with Crippen molar-refractivity contribution in [3.63, 3.8) is 0 Å². The number of halogens is 1. The van der Waals surface area contributed by atoms with Crippen LogP contribution in [-0.4, -0.2) is 74.9 Å². The summed E-state index contributed by atoms with van der Waals surface area (Å²) < 4.78 is 11.8. The first-order chi connectivity index (χ1) is 28.1. The van der Waals surface area contributed by atoms with E-state index < -0.39 is 23.8 Å². The third kappa shape index (κ3) is 7.44. The fourth-order valence-corrected chi connectivity index (χ4v) is 8.31. The fourth-order valence-electron chi connectivity index (χ4n) is 6.95. The number of imidazole rings is 1. The molecule has 0 aliphatic carbocycles. The maximum Gasteiger partial charge on any atom is 0.265 e. The van der Waals surface area contributed by atoms with E-state index in [4.69, 9.17) is 21.3 Å². The molecule has 0 fully saturated rings. The van der Waals surface area contributed by atoms with Crippen molar-refractivity contribution >= 4 is 52.8 Å². The summed E-state index contributed by atoms with van der Waals surface area (Å²) in [6.45, 7) is 7.31. The van der Waals surface area contributed by atoms with Crippen LogP contribution in [0.4, 0.5) is 0 Å².